The fraction of sp³-hybridized carbons (Fsp3) is 0.364. The molecule has 100 valence electrons. The highest BCUT2D eigenvalue weighted by Gasteiger charge is 2.20. The van der Waals surface area contributed by atoms with Crippen molar-refractivity contribution in [3.63, 3.8) is 0 Å². The van der Waals surface area contributed by atoms with Crippen molar-refractivity contribution in [1.82, 2.24) is 0 Å². The van der Waals surface area contributed by atoms with Gasteiger partial charge < -0.3 is 10.2 Å². The van der Waals surface area contributed by atoms with Crippen LogP contribution in [0.25, 0.3) is 0 Å². The summed E-state index contributed by atoms with van der Waals surface area (Å²) in [7, 11) is -3.77. The summed E-state index contributed by atoms with van der Waals surface area (Å²) >= 11 is 0. The summed E-state index contributed by atoms with van der Waals surface area (Å²) in [6, 6.07) is 1.65. The van der Waals surface area contributed by atoms with Crippen molar-refractivity contribution in [1.29, 1.82) is 0 Å². The fourth-order valence-electron chi connectivity index (χ4n) is 1.45. The van der Waals surface area contributed by atoms with Gasteiger partial charge in [-0.1, -0.05) is 6.92 Å². The van der Waals surface area contributed by atoms with Gasteiger partial charge in [-0.25, -0.2) is 12.8 Å². The number of rotatable bonds is 4. The van der Waals surface area contributed by atoms with E-state index in [1.165, 1.54) is 6.92 Å². The molecule has 0 saturated carbocycles. The Morgan fingerprint density at radius 3 is 2.44 bits per heavy atom. The number of hydrogen-bond donors (Lipinski definition) is 2. The van der Waals surface area contributed by atoms with Crippen LogP contribution in [-0.4, -0.2) is 30.9 Å². The topological polar surface area (TPSA) is 91.7 Å². The van der Waals surface area contributed by atoms with Gasteiger partial charge in [0.15, 0.2) is 9.84 Å². The average Bonchev–Trinajstić information content (AvgIpc) is 2.20. The minimum atomic E-state index is -3.77. The molecule has 0 fully saturated rings. The van der Waals surface area contributed by atoms with Gasteiger partial charge in [-0.3, -0.25) is 4.79 Å². The Labute approximate surface area is 104 Å². The summed E-state index contributed by atoms with van der Waals surface area (Å²) in [5.74, 6) is -3.31. The summed E-state index contributed by atoms with van der Waals surface area (Å²) < 4.78 is 35.9. The first kappa shape index (κ1) is 14.4. The van der Waals surface area contributed by atoms with Gasteiger partial charge in [0.1, 0.15) is 16.5 Å². The number of phenolic OH excluding ortho intramolecular Hbond substituents is 1. The van der Waals surface area contributed by atoms with E-state index in [0.717, 1.165) is 18.4 Å². The maximum Gasteiger partial charge on any atom is 0.306 e. The van der Waals surface area contributed by atoms with E-state index in [9.17, 15) is 22.7 Å². The van der Waals surface area contributed by atoms with Gasteiger partial charge in [-0.05, 0) is 18.1 Å². The van der Waals surface area contributed by atoms with E-state index in [0.29, 0.717) is 0 Å². The minimum Gasteiger partial charge on any atom is -0.508 e. The third-order valence-corrected chi connectivity index (χ3v) is 3.59. The van der Waals surface area contributed by atoms with Crippen LogP contribution in [-0.2, 0) is 21.1 Å². The Balaban J connectivity index is 3.20. The van der Waals surface area contributed by atoms with E-state index in [1.54, 1.807) is 0 Å². The fourth-order valence-corrected chi connectivity index (χ4v) is 2.19. The third-order valence-electron chi connectivity index (χ3n) is 2.48. The number of hydrogen-bond acceptors (Lipinski definition) is 4. The van der Waals surface area contributed by atoms with Crippen molar-refractivity contribution < 1.29 is 27.8 Å². The summed E-state index contributed by atoms with van der Waals surface area (Å²) in [5, 5.41) is 18.3. The monoisotopic (exact) mass is 276 g/mol. The minimum absolute atomic E-state index is 0.0646. The highest BCUT2D eigenvalue weighted by molar-refractivity contribution is 7.90. The van der Waals surface area contributed by atoms with Crippen molar-refractivity contribution in [3.05, 3.63) is 23.5 Å². The molecule has 2 N–H and O–H groups in total. The lowest BCUT2D eigenvalue weighted by molar-refractivity contribution is -0.141. The molecule has 1 aromatic rings. The summed E-state index contributed by atoms with van der Waals surface area (Å²) in [5.41, 5.74) is 0.0646. The van der Waals surface area contributed by atoms with Gasteiger partial charge >= 0.3 is 5.97 Å². The highest BCUT2D eigenvalue weighted by Crippen LogP contribution is 2.27. The molecule has 0 radical (unpaired) electrons. The molecular formula is C11H13FO5S. The highest BCUT2D eigenvalue weighted by atomic mass is 32.2. The van der Waals surface area contributed by atoms with Crippen LogP contribution in [0.5, 0.6) is 5.75 Å². The van der Waals surface area contributed by atoms with E-state index in [1.807, 2.05) is 0 Å². The van der Waals surface area contributed by atoms with Crippen molar-refractivity contribution >= 4 is 15.8 Å². The zero-order valence-electron chi connectivity index (χ0n) is 9.84. The van der Waals surface area contributed by atoms with Gasteiger partial charge in [0, 0.05) is 12.3 Å². The lowest BCUT2D eigenvalue weighted by Crippen LogP contribution is -2.13. The molecule has 5 nitrogen and oxygen atoms in total. The molecule has 0 spiro atoms. The number of halogens is 1. The molecular weight excluding hydrogens is 263 g/mol. The molecule has 0 heterocycles. The van der Waals surface area contributed by atoms with Crippen LogP contribution in [0.3, 0.4) is 0 Å². The van der Waals surface area contributed by atoms with Crippen molar-refractivity contribution in [2.24, 2.45) is 5.92 Å². The number of aliphatic carboxylic acids is 1. The maximum absolute atomic E-state index is 13.5. The first-order valence-electron chi connectivity index (χ1n) is 5.07. The molecule has 0 saturated heterocycles. The van der Waals surface area contributed by atoms with Crippen LogP contribution in [0.1, 0.15) is 12.5 Å². The smallest absolute Gasteiger partial charge is 0.306 e. The zero-order chi connectivity index (χ0) is 14.1. The predicted octanol–water partition coefficient (Wildman–Crippen LogP) is 1.20. The third kappa shape index (κ3) is 3.19. The zero-order valence-corrected chi connectivity index (χ0v) is 10.7. The average molecular weight is 276 g/mol. The molecule has 18 heavy (non-hydrogen) atoms. The molecule has 0 aromatic heterocycles. The predicted molar refractivity (Wildman–Crippen MR) is 61.7 cm³/mol. The van der Waals surface area contributed by atoms with E-state index in [2.05, 4.69) is 0 Å². The maximum atomic E-state index is 13.5. The number of carbonyl (C=O) groups is 1. The Bertz CT molecular complexity index is 579. The Kier molecular flexibility index (Phi) is 3.95. The molecule has 1 aromatic carbocycles. The molecule has 1 rings (SSSR count). The molecule has 7 heteroatoms. The van der Waals surface area contributed by atoms with E-state index < -0.39 is 38.2 Å². The van der Waals surface area contributed by atoms with Gasteiger partial charge in [-0.2, -0.15) is 0 Å². The molecule has 0 bridgehead atoms. The standard InChI is InChI=1S/C11H13FO5S/c1-6(11(14)15)3-7-4-8(12)10(5-9(7)13)18(2,16)17/h4-6,13H,3H2,1-2H3,(H,14,15). The molecule has 0 amide bonds. The van der Waals surface area contributed by atoms with Gasteiger partial charge in [0.2, 0.25) is 0 Å². The second kappa shape index (κ2) is 4.93. The normalized spacial score (nSPS) is 13.3. The van der Waals surface area contributed by atoms with Gasteiger partial charge in [-0.15, -0.1) is 0 Å². The number of sulfone groups is 1. The van der Waals surface area contributed by atoms with Gasteiger partial charge in [0.05, 0.1) is 5.92 Å². The summed E-state index contributed by atoms with van der Waals surface area (Å²) in [4.78, 5) is 10.0. The lowest BCUT2D eigenvalue weighted by Gasteiger charge is -2.10. The Hall–Kier alpha value is -1.63. The van der Waals surface area contributed by atoms with Crippen LogP contribution in [0.15, 0.2) is 17.0 Å². The van der Waals surface area contributed by atoms with E-state index >= 15 is 0 Å². The Morgan fingerprint density at radius 2 is 2.00 bits per heavy atom. The molecule has 0 aliphatic heterocycles. The van der Waals surface area contributed by atoms with Crippen LogP contribution in [0.4, 0.5) is 4.39 Å². The van der Waals surface area contributed by atoms with Crippen LogP contribution < -0.4 is 0 Å². The number of benzene rings is 1. The second-order valence-electron chi connectivity index (χ2n) is 4.13. The van der Waals surface area contributed by atoms with E-state index in [4.69, 9.17) is 5.11 Å². The number of carboxylic acids is 1. The first-order chi connectivity index (χ1) is 8.12. The summed E-state index contributed by atoms with van der Waals surface area (Å²) in [6.07, 6.45) is 0.743. The SMILES string of the molecule is CC(Cc1cc(F)c(S(C)(=O)=O)cc1O)C(=O)O. The largest absolute Gasteiger partial charge is 0.508 e. The van der Waals surface area contributed by atoms with Crippen molar-refractivity contribution in [2.75, 3.05) is 6.26 Å². The lowest BCUT2D eigenvalue weighted by atomic mass is 10.0. The van der Waals surface area contributed by atoms with Crippen LogP contribution >= 0.6 is 0 Å². The first-order valence-corrected chi connectivity index (χ1v) is 6.96. The molecule has 1 atom stereocenters. The number of carboxylic acid groups (broad SMARTS) is 1. The van der Waals surface area contributed by atoms with Crippen LogP contribution in [0.2, 0.25) is 0 Å². The Morgan fingerprint density at radius 1 is 1.44 bits per heavy atom. The van der Waals surface area contributed by atoms with Crippen molar-refractivity contribution in [3.8, 4) is 5.75 Å². The second-order valence-corrected chi connectivity index (χ2v) is 6.11. The van der Waals surface area contributed by atoms with E-state index in [-0.39, 0.29) is 12.0 Å². The summed E-state index contributed by atoms with van der Waals surface area (Å²) in [6.45, 7) is 1.41. The number of aromatic hydroxyl groups is 1. The quantitative estimate of drug-likeness (QED) is 0.862. The molecule has 0 aliphatic carbocycles. The number of phenols is 1. The molecule has 0 aliphatic rings. The van der Waals surface area contributed by atoms with Crippen LogP contribution in [0, 0.1) is 11.7 Å². The molecule has 1 unspecified atom stereocenters. The van der Waals surface area contributed by atoms with Gasteiger partial charge in [0.25, 0.3) is 0 Å². The van der Waals surface area contributed by atoms with Crippen molar-refractivity contribution in [2.45, 2.75) is 18.2 Å².